The van der Waals surface area contributed by atoms with Crippen LogP contribution in [0.4, 0.5) is 0 Å². The number of unbranched alkanes of at least 4 members (excludes halogenated alkanes) is 31. The van der Waals surface area contributed by atoms with Gasteiger partial charge in [0.2, 0.25) is 0 Å². The molecule has 0 aromatic rings. The van der Waals surface area contributed by atoms with E-state index in [2.05, 4.69) is 87.6 Å². The number of ether oxygens (including phenoxy) is 3. The van der Waals surface area contributed by atoms with E-state index in [1.54, 1.807) is 0 Å². The Morgan fingerprint density at radius 1 is 0.300 bits per heavy atom. The molecule has 0 aliphatic rings. The highest BCUT2D eigenvalue weighted by Crippen LogP contribution is 2.17. The maximum atomic E-state index is 12.8. The molecule has 70 heavy (non-hydrogen) atoms. The second-order valence-corrected chi connectivity index (χ2v) is 19.9. The quantitative estimate of drug-likeness (QED) is 0.0261. The summed E-state index contributed by atoms with van der Waals surface area (Å²) in [6, 6.07) is 0. The van der Waals surface area contributed by atoms with Crippen molar-refractivity contribution in [3.8, 4) is 0 Å². The van der Waals surface area contributed by atoms with Gasteiger partial charge in [0, 0.05) is 19.3 Å². The summed E-state index contributed by atoms with van der Waals surface area (Å²) < 4.78 is 16.8. The van der Waals surface area contributed by atoms with Gasteiger partial charge in [0.05, 0.1) is 0 Å². The fraction of sp³-hybridized carbons (Fsp3) is 0.766. The van der Waals surface area contributed by atoms with Crippen LogP contribution >= 0.6 is 0 Å². The minimum absolute atomic E-state index is 0.101. The zero-order valence-electron chi connectivity index (χ0n) is 46.3. The van der Waals surface area contributed by atoms with Crippen LogP contribution in [0.1, 0.15) is 297 Å². The van der Waals surface area contributed by atoms with E-state index >= 15 is 0 Å². The van der Waals surface area contributed by atoms with E-state index in [-0.39, 0.29) is 37.5 Å². The normalized spacial score (nSPS) is 12.6. The number of hydrogen-bond donors (Lipinski definition) is 0. The van der Waals surface area contributed by atoms with E-state index in [0.29, 0.717) is 19.3 Å². The highest BCUT2D eigenvalue weighted by molar-refractivity contribution is 5.71. The third-order valence-electron chi connectivity index (χ3n) is 13.0. The van der Waals surface area contributed by atoms with E-state index in [1.807, 2.05) is 6.08 Å². The van der Waals surface area contributed by atoms with E-state index in [9.17, 15) is 14.4 Å². The molecule has 0 aromatic heterocycles. The maximum absolute atomic E-state index is 12.8. The fourth-order valence-corrected chi connectivity index (χ4v) is 8.49. The average molecular weight is 978 g/mol. The molecule has 1 unspecified atom stereocenters. The summed E-state index contributed by atoms with van der Waals surface area (Å²) >= 11 is 0. The van der Waals surface area contributed by atoms with Gasteiger partial charge < -0.3 is 14.2 Å². The van der Waals surface area contributed by atoms with Gasteiger partial charge in [-0.3, -0.25) is 14.4 Å². The molecule has 0 fully saturated rings. The van der Waals surface area contributed by atoms with Crippen molar-refractivity contribution in [1.29, 1.82) is 0 Å². The van der Waals surface area contributed by atoms with Crippen molar-refractivity contribution in [2.75, 3.05) is 13.2 Å². The molecule has 0 radical (unpaired) electrons. The van der Waals surface area contributed by atoms with Crippen molar-refractivity contribution >= 4 is 17.9 Å². The largest absolute Gasteiger partial charge is 0.462 e. The fourth-order valence-electron chi connectivity index (χ4n) is 8.49. The summed E-state index contributed by atoms with van der Waals surface area (Å²) in [6.07, 6.45) is 75.0. The Labute approximate surface area is 433 Å². The first-order chi connectivity index (χ1) is 34.5. The molecule has 0 amide bonds. The SMILES string of the molecule is CC/C=C\C/C=C\C/C=C\C/C=C\CCC(=O)OCC(COC(=O)CCCCCCCCCCCCCCCCCCCCCCCCCC)OC(=O)CCCCCCC/C=C\C/C=C\CCCCC. The van der Waals surface area contributed by atoms with Crippen LogP contribution in [-0.4, -0.2) is 37.2 Å². The van der Waals surface area contributed by atoms with Crippen molar-refractivity contribution < 1.29 is 28.6 Å². The smallest absolute Gasteiger partial charge is 0.306 e. The number of carbonyl (C=O) groups is 3. The first-order valence-corrected chi connectivity index (χ1v) is 29.9. The molecule has 0 aromatic carbocycles. The summed E-state index contributed by atoms with van der Waals surface area (Å²) in [5.41, 5.74) is 0. The zero-order valence-corrected chi connectivity index (χ0v) is 46.3. The van der Waals surface area contributed by atoms with Crippen LogP contribution in [0.25, 0.3) is 0 Å². The monoisotopic (exact) mass is 977 g/mol. The van der Waals surface area contributed by atoms with Gasteiger partial charge in [-0.05, 0) is 77.0 Å². The first-order valence-electron chi connectivity index (χ1n) is 29.9. The van der Waals surface area contributed by atoms with Crippen LogP contribution in [-0.2, 0) is 28.6 Å². The molecule has 1 atom stereocenters. The number of rotatable bonds is 54. The standard InChI is InChI=1S/C64H112O6/c1-4-7-10-13-16-19-22-25-27-28-29-30-31-32-33-34-35-37-39-42-45-48-51-54-57-63(66)69-60-61(59-68-62(65)56-53-50-47-44-41-38-24-21-18-15-12-9-6-3)70-64(67)58-55-52-49-46-43-40-36-26-23-20-17-14-11-8-5-2/h9,12,17-18,20-21,26,36,38,41,47,50,61H,4-8,10-11,13-16,19,22-25,27-35,37,39-40,42-46,48-49,51-60H2,1-3H3/b12-9-,20-17-,21-18-,36-26-,41-38-,50-47-. The van der Waals surface area contributed by atoms with Crippen LogP contribution in [0, 0.1) is 0 Å². The molecular weight excluding hydrogens is 865 g/mol. The van der Waals surface area contributed by atoms with Gasteiger partial charge in [0.1, 0.15) is 13.2 Å². The zero-order chi connectivity index (χ0) is 50.7. The van der Waals surface area contributed by atoms with Crippen LogP contribution in [0.15, 0.2) is 72.9 Å². The number of hydrogen-bond acceptors (Lipinski definition) is 6. The van der Waals surface area contributed by atoms with Gasteiger partial charge in [-0.1, -0.05) is 273 Å². The van der Waals surface area contributed by atoms with Gasteiger partial charge in [-0.2, -0.15) is 0 Å². The van der Waals surface area contributed by atoms with Crippen molar-refractivity contribution in [3.63, 3.8) is 0 Å². The minimum atomic E-state index is -0.810. The van der Waals surface area contributed by atoms with Gasteiger partial charge in [0.25, 0.3) is 0 Å². The lowest BCUT2D eigenvalue weighted by Gasteiger charge is -2.18. The lowest BCUT2D eigenvalue weighted by Crippen LogP contribution is -2.30. The summed E-state index contributed by atoms with van der Waals surface area (Å²) in [6.45, 7) is 6.45. The van der Waals surface area contributed by atoms with Gasteiger partial charge in [-0.15, -0.1) is 0 Å². The molecular formula is C64H112O6. The number of esters is 3. The van der Waals surface area contributed by atoms with Crippen LogP contribution in [0.2, 0.25) is 0 Å². The van der Waals surface area contributed by atoms with E-state index in [0.717, 1.165) is 89.9 Å². The van der Waals surface area contributed by atoms with Gasteiger partial charge in [-0.25, -0.2) is 0 Å². The lowest BCUT2D eigenvalue weighted by molar-refractivity contribution is -0.166. The molecule has 0 aliphatic carbocycles. The molecule has 6 heteroatoms. The first kappa shape index (κ1) is 66.9. The molecule has 0 rings (SSSR count). The third kappa shape index (κ3) is 55.8. The third-order valence-corrected chi connectivity index (χ3v) is 13.0. The van der Waals surface area contributed by atoms with Crippen LogP contribution in [0.5, 0.6) is 0 Å². The van der Waals surface area contributed by atoms with Crippen molar-refractivity contribution in [2.45, 2.75) is 303 Å². The number of allylic oxidation sites excluding steroid dienone is 12. The molecule has 404 valence electrons. The minimum Gasteiger partial charge on any atom is -0.462 e. The Balaban J connectivity index is 4.31. The molecule has 0 bridgehead atoms. The molecule has 0 spiro atoms. The van der Waals surface area contributed by atoms with Gasteiger partial charge in [0.15, 0.2) is 6.10 Å². The predicted molar refractivity (Wildman–Crippen MR) is 302 cm³/mol. The molecule has 0 saturated heterocycles. The maximum Gasteiger partial charge on any atom is 0.306 e. The molecule has 0 heterocycles. The Kier molecular flexibility index (Phi) is 55.8. The van der Waals surface area contributed by atoms with Crippen molar-refractivity contribution in [2.24, 2.45) is 0 Å². The predicted octanol–water partition coefficient (Wildman–Crippen LogP) is 20.2. The van der Waals surface area contributed by atoms with Crippen molar-refractivity contribution in [3.05, 3.63) is 72.9 Å². The highest BCUT2D eigenvalue weighted by Gasteiger charge is 2.19. The Morgan fingerprint density at radius 3 is 0.986 bits per heavy atom. The Bertz CT molecular complexity index is 1310. The van der Waals surface area contributed by atoms with Crippen molar-refractivity contribution in [1.82, 2.24) is 0 Å². The van der Waals surface area contributed by atoms with Crippen LogP contribution < -0.4 is 0 Å². The topological polar surface area (TPSA) is 78.9 Å². The lowest BCUT2D eigenvalue weighted by atomic mass is 10.0. The average Bonchev–Trinajstić information content (AvgIpc) is 3.36. The molecule has 0 aliphatic heterocycles. The second-order valence-electron chi connectivity index (χ2n) is 19.9. The highest BCUT2D eigenvalue weighted by atomic mass is 16.6. The van der Waals surface area contributed by atoms with E-state index in [4.69, 9.17) is 14.2 Å². The van der Waals surface area contributed by atoms with E-state index in [1.165, 1.54) is 161 Å². The Hall–Kier alpha value is -3.15. The number of carbonyl (C=O) groups excluding carboxylic acids is 3. The summed E-state index contributed by atoms with van der Waals surface area (Å²) in [5, 5.41) is 0. The van der Waals surface area contributed by atoms with Gasteiger partial charge >= 0.3 is 17.9 Å². The summed E-state index contributed by atoms with van der Waals surface area (Å²) in [7, 11) is 0. The second kappa shape index (κ2) is 58.4. The Morgan fingerprint density at radius 2 is 0.586 bits per heavy atom. The molecule has 0 N–H and O–H groups in total. The molecule has 0 saturated carbocycles. The summed E-state index contributed by atoms with van der Waals surface area (Å²) in [5.74, 6) is -0.990. The summed E-state index contributed by atoms with van der Waals surface area (Å²) in [4.78, 5) is 38.1. The van der Waals surface area contributed by atoms with Crippen LogP contribution in [0.3, 0.4) is 0 Å². The van der Waals surface area contributed by atoms with E-state index < -0.39 is 6.10 Å². The molecule has 6 nitrogen and oxygen atoms in total.